The number of carboxylic acid groups (broad SMARTS) is 1. The van der Waals surface area contributed by atoms with E-state index in [-0.39, 0.29) is 17.1 Å². The van der Waals surface area contributed by atoms with Gasteiger partial charge >= 0.3 is 5.97 Å². The van der Waals surface area contributed by atoms with E-state index < -0.39 is 16.0 Å². The average molecular weight is 315 g/mol. The number of unbranched alkanes of at least 4 members (excludes halogenated alkanes) is 3. The largest absolute Gasteiger partial charge is 0.478 e. The van der Waals surface area contributed by atoms with E-state index in [1.807, 2.05) is 0 Å². The van der Waals surface area contributed by atoms with Crippen LogP contribution in [0.15, 0.2) is 23.1 Å². The molecule has 0 radical (unpaired) electrons. The summed E-state index contributed by atoms with van der Waals surface area (Å²) < 4.78 is 26.6. The van der Waals surface area contributed by atoms with Gasteiger partial charge in [-0.2, -0.15) is 0 Å². The molecule has 0 amide bonds. The Morgan fingerprint density at radius 3 is 2.48 bits per heavy atom. The van der Waals surface area contributed by atoms with Crippen molar-refractivity contribution in [1.29, 1.82) is 0 Å². The highest BCUT2D eigenvalue weighted by atomic mass is 32.2. The lowest BCUT2D eigenvalue weighted by atomic mass is 10.1. The van der Waals surface area contributed by atoms with Crippen LogP contribution in [0.2, 0.25) is 0 Å². The molecule has 0 saturated carbocycles. The quantitative estimate of drug-likeness (QED) is 0.599. The smallest absolute Gasteiger partial charge is 0.335 e. The Balaban J connectivity index is 2.66. The van der Waals surface area contributed by atoms with Gasteiger partial charge < -0.3 is 10.2 Å². The van der Waals surface area contributed by atoms with E-state index in [0.717, 1.165) is 12.8 Å². The normalized spacial score (nSPS) is 11.5. The fraction of sp³-hybridized carbons (Fsp3) is 0.500. The Hall–Kier alpha value is -1.44. The van der Waals surface area contributed by atoms with Gasteiger partial charge in [0.15, 0.2) is 0 Å². The summed E-state index contributed by atoms with van der Waals surface area (Å²) in [5.74, 6) is -1.14. The first kappa shape index (κ1) is 17.6. The fourth-order valence-corrected chi connectivity index (χ4v) is 2.98. The van der Waals surface area contributed by atoms with Crippen LogP contribution in [0.4, 0.5) is 0 Å². The highest BCUT2D eigenvalue weighted by Crippen LogP contribution is 2.15. The number of hydrogen-bond donors (Lipinski definition) is 3. The highest BCUT2D eigenvalue weighted by Gasteiger charge is 2.17. The van der Waals surface area contributed by atoms with Gasteiger partial charge in [-0.25, -0.2) is 17.9 Å². The molecule has 0 fully saturated rings. The van der Waals surface area contributed by atoms with Crippen molar-refractivity contribution in [2.75, 3.05) is 13.2 Å². The first-order valence-corrected chi connectivity index (χ1v) is 8.31. The number of carbonyl (C=O) groups is 1. The van der Waals surface area contributed by atoms with E-state index in [1.54, 1.807) is 6.92 Å². The van der Waals surface area contributed by atoms with Gasteiger partial charge in [0.1, 0.15) is 0 Å². The minimum absolute atomic E-state index is 0.0131. The van der Waals surface area contributed by atoms with E-state index in [9.17, 15) is 13.2 Å². The second kappa shape index (κ2) is 8.11. The molecule has 1 aromatic rings. The van der Waals surface area contributed by atoms with Gasteiger partial charge in [-0.3, -0.25) is 0 Å². The number of sulfonamides is 1. The van der Waals surface area contributed by atoms with Crippen molar-refractivity contribution in [1.82, 2.24) is 4.72 Å². The number of carboxylic acids is 1. The SMILES string of the molecule is Cc1ccc(S(=O)(=O)NCCCCCCO)cc1C(=O)O. The molecule has 0 bridgehead atoms. The van der Waals surface area contributed by atoms with Crippen LogP contribution in [0, 0.1) is 6.92 Å². The summed E-state index contributed by atoms with van der Waals surface area (Å²) in [7, 11) is -3.69. The number of nitrogens with one attached hydrogen (secondary N) is 1. The maximum absolute atomic E-state index is 12.1. The van der Waals surface area contributed by atoms with Crippen molar-refractivity contribution in [3.8, 4) is 0 Å². The summed E-state index contributed by atoms with van der Waals surface area (Å²) in [5.41, 5.74) is 0.506. The standard InChI is InChI=1S/C14H21NO5S/c1-11-6-7-12(10-13(11)14(17)18)21(19,20)15-8-4-2-3-5-9-16/h6-7,10,15-16H,2-5,8-9H2,1H3,(H,17,18). The first-order chi connectivity index (χ1) is 9.88. The molecule has 0 heterocycles. The van der Waals surface area contributed by atoms with Crippen molar-refractivity contribution >= 4 is 16.0 Å². The van der Waals surface area contributed by atoms with Crippen molar-refractivity contribution in [3.63, 3.8) is 0 Å². The third-order valence-corrected chi connectivity index (χ3v) is 4.59. The predicted molar refractivity (Wildman–Crippen MR) is 78.9 cm³/mol. The van der Waals surface area contributed by atoms with Gasteiger partial charge in [0, 0.05) is 13.2 Å². The summed E-state index contributed by atoms with van der Waals surface area (Å²) in [4.78, 5) is 11.0. The van der Waals surface area contributed by atoms with Crippen LogP contribution in [0.5, 0.6) is 0 Å². The van der Waals surface area contributed by atoms with Crippen molar-refractivity contribution in [3.05, 3.63) is 29.3 Å². The summed E-state index contributed by atoms with van der Waals surface area (Å²) >= 11 is 0. The minimum Gasteiger partial charge on any atom is -0.478 e. The summed E-state index contributed by atoms with van der Waals surface area (Å²) in [5, 5.41) is 17.7. The number of aromatic carboxylic acids is 1. The first-order valence-electron chi connectivity index (χ1n) is 6.83. The minimum atomic E-state index is -3.69. The predicted octanol–water partition coefficient (Wildman–Crippen LogP) is 1.52. The Labute approximate surface area is 124 Å². The Kier molecular flexibility index (Phi) is 6.80. The molecule has 3 N–H and O–H groups in total. The van der Waals surface area contributed by atoms with E-state index in [0.29, 0.717) is 24.9 Å². The molecule has 0 aromatic heterocycles. The van der Waals surface area contributed by atoms with E-state index in [1.165, 1.54) is 18.2 Å². The van der Waals surface area contributed by atoms with Gasteiger partial charge in [0.25, 0.3) is 0 Å². The van der Waals surface area contributed by atoms with Crippen LogP contribution in [-0.4, -0.2) is 37.8 Å². The zero-order valence-electron chi connectivity index (χ0n) is 12.0. The molecule has 0 aliphatic carbocycles. The molecule has 118 valence electrons. The zero-order valence-corrected chi connectivity index (χ0v) is 12.8. The van der Waals surface area contributed by atoms with Crippen LogP contribution in [0.1, 0.15) is 41.6 Å². The van der Waals surface area contributed by atoms with Gasteiger partial charge in [-0.1, -0.05) is 18.9 Å². The molecule has 0 aliphatic rings. The monoisotopic (exact) mass is 315 g/mol. The van der Waals surface area contributed by atoms with Crippen molar-refractivity contribution in [2.24, 2.45) is 0 Å². The van der Waals surface area contributed by atoms with Crippen molar-refractivity contribution in [2.45, 2.75) is 37.5 Å². The maximum atomic E-state index is 12.1. The molecule has 1 aromatic carbocycles. The zero-order chi connectivity index (χ0) is 15.9. The molecule has 0 saturated heterocycles. The average Bonchev–Trinajstić information content (AvgIpc) is 2.42. The number of aliphatic hydroxyl groups excluding tert-OH is 1. The topological polar surface area (TPSA) is 104 Å². The second-order valence-corrected chi connectivity index (χ2v) is 6.58. The number of rotatable bonds is 9. The molecular formula is C14H21NO5S. The maximum Gasteiger partial charge on any atom is 0.335 e. The second-order valence-electron chi connectivity index (χ2n) is 4.82. The summed E-state index contributed by atoms with van der Waals surface area (Å²) in [6.45, 7) is 2.06. The Morgan fingerprint density at radius 2 is 1.86 bits per heavy atom. The number of hydrogen-bond acceptors (Lipinski definition) is 4. The molecule has 0 unspecified atom stereocenters. The molecule has 0 atom stereocenters. The van der Waals surface area contributed by atoms with Crippen LogP contribution in [0.3, 0.4) is 0 Å². The lowest BCUT2D eigenvalue weighted by Crippen LogP contribution is -2.25. The molecule has 1 rings (SSSR count). The number of aryl methyl sites for hydroxylation is 1. The summed E-state index contributed by atoms with van der Waals surface area (Å²) in [6, 6.07) is 4.06. The Bertz CT molecular complexity index is 583. The molecule has 21 heavy (non-hydrogen) atoms. The van der Waals surface area contributed by atoms with Crippen LogP contribution >= 0.6 is 0 Å². The van der Waals surface area contributed by atoms with Crippen LogP contribution < -0.4 is 4.72 Å². The fourth-order valence-electron chi connectivity index (χ4n) is 1.88. The molecular weight excluding hydrogens is 294 g/mol. The Morgan fingerprint density at radius 1 is 1.19 bits per heavy atom. The third-order valence-electron chi connectivity index (χ3n) is 3.13. The summed E-state index contributed by atoms with van der Waals surface area (Å²) in [6.07, 6.45) is 3.08. The van der Waals surface area contributed by atoms with Gasteiger partial charge in [0.2, 0.25) is 10.0 Å². The van der Waals surface area contributed by atoms with E-state index in [2.05, 4.69) is 4.72 Å². The van der Waals surface area contributed by atoms with Crippen molar-refractivity contribution < 1.29 is 23.4 Å². The molecule has 6 nitrogen and oxygen atoms in total. The van der Waals surface area contributed by atoms with E-state index in [4.69, 9.17) is 10.2 Å². The molecule has 0 spiro atoms. The van der Waals surface area contributed by atoms with Gasteiger partial charge in [0.05, 0.1) is 10.5 Å². The lowest BCUT2D eigenvalue weighted by molar-refractivity contribution is 0.0696. The van der Waals surface area contributed by atoms with Crippen LogP contribution in [0.25, 0.3) is 0 Å². The van der Waals surface area contributed by atoms with Gasteiger partial charge in [-0.15, -0.1) is 0 Å². The highest BCUT2D eigenvalue weighted by molar-refractivity contribution is 7.89. The van der Waals surface area contributed by atoms with Gasteiger partial charge in [-0.05, 0) is 37.5 Å². The lowest BCUT2D eigenvalue weighted by Gasteiger charge is -2.08. The van der Waals surface area contributed by atoms with Crippen LogP contribution in [-0.2, 0) is 10.0 Å². The molecule has 0 aliphatic heterocycles. The number of aliphatic hydroxyl groups is 1. The number of benzene rings is 1. The third kappa shape index (κ3) is 5.45. The van der Waals surface area contributed by atoms with E-state index >= 15 is 0 Å². The molecule has 7 heteroatoms.